The fourth-order valence-electron chi connectivity index (χ4n) is 4.05. The van der Waals surface area contributed by atoms with E-state index in [0.29, 0.717) is 18.5 Å². The van der Waals surface area contributed by atoms with E-state index in [4.69, 9.17) is 0 Å². The van der Waals surface area contributed by atoms with Crippen LogP contribution in [0.4, 0.5) is 24.5 Å². The summed E-state index contributed by atoms with van der Waals surface area (Å²) in [7, 11) is 0. The molecule has 3 nitrogen and oxygen atoms in total. The molecule has 1 N–H and O–H groups in total. The quantitative estimate of drug-likeness (QED) is 0.777. The maximum absolute atomic E-state index is 12.9. The van der Waals surface area contributed by atoms with Crippen molar-refractivity contribution in [3.05, 3.63) is 24.3 Å². The molecular formula is C20H27F3N2O. The number of halogens is 3. The molecular weight excluding hydrogens is 341 g/mol. The number of nitrogens with zero attached hydrogens (tertiary/aromatic N) is 1. The van der Waals surface area contributed by atoms with Crippen molar-refractivity contribution in [2.75, 3.05) is 23.3 Å². The van der Waals surface area contributed by atoms with E-state index in [2.05, 4.69) is 10.2 Å². The zero-order chi connectivity index (χ0) is 18.6. The van der Waals surface area contributed by atoms with E-state index in [1.54, 1.807) is 0 Å². The monoisotopic (exact) mass is 368 g/mol. The number of carbonyl (C=O) groups is 1. The van der Waals surface area contributed by atoms with Gasteiger partial charge in [0.1, 0.15) is 0 Å². The molecule has 144 valence electrons. The van der Waals surface area contributed by atoms with E-state index in [9.17, 15) is 18.0 Å². The molecule has 1 aromatic carbocycles. The Bertz CT molecular complexity index is 592. The van der Waals surface area contributed by atoms with E-state index in [1.807, 2.05) is 24.3 Å². The highest BCUT2D eigenvalue weighted by Gasteiger charge is 2.43. The number of hydrogen-bond acceptors (Lipinski definition) is 2. The number of nitrogens with one attached hydrogen (secondary N) is 1. The van der Waals surface area contributed by atoms with Crippen LogP contribution in [-0.4, -0.2) is 25.2 Å². The summed E-state index contributed by atoms with van der Waals surface area (Å²) < 4.78 is 38.8. The van der Waals surface area contributed by atoms with E-state index in [0.717, 1.165) is 18.8 Å². The van der Waals surface area contributed by atoms with Gasteiger partial charge < -0.3 is 10.2 Å². The summed E-state index contributed by atoms with van der Waals surface area (Å²) in [6, 6.07) is 7.67. The minimum atomic E-state index is -4.20. The van der Waals surface area contributed by atoms with Crippen LogP contribution in [-0.2, 0) is 4.79 Å². The summed E-state index contributed by atoms with van der Waals surface area (Å²) in [6.45, 7) is 2.10. The molecule has 26 heavy (non-hydrogen) atoms. The second-order valence-electron chi connectivity index (χ2n) is 7.54. The molecule has 1 aromatic rings. The van der Waals surface area contributed by atoms with Crippen LogP contribution in [0.2, 0.25) is 0 Å². The van der Waals surface area contributed by atoms with Gasteiger partial charge in [-0.1, -0.05) is 19.3 Å². The van der Waals surface area contributed by atoms with Gasteiger partial charge >= 0.3 is 6.18 Å². The minimum absolute atomic E-state index is 0.0960. The van der Waals surface area contributed by atoms with Gasteiger partial charge in [0.15, 0.2) is 0 Å². The van der Waals surface area contributed by atoms with E-state index >= 15 is 0 Å². The van der Waals surface area contributed by atoms with Crippen LogP contribution in [0.15, 0.2) is 24.3 Å². The summed E-state index contributed by atoms with van der Waals surface area (Å²) in [5.41, 5.74) is 1.79. The third-order valence-electron chi connectivity index (χ3n) is 5.61. The van der Waals surface area contributed by atoms with Gasteiger partial charge in [-0.3, -0.25) is 4.79 Å². The van der Waals surface area contributed by atoms with Crippen molar-refractivity contribution in [1.82, 2.24) is 0 Å². The lowest BCUT2D eigenvalue weighted by Crippen LogP contribution is -2.34. The molecule has 6 heteroatoms. The van der Waals surface area contributed by atoms with Crippen molar-refractivity contribution in [3.8, 4) is 0 Å². The van der Waals surface area contributed by atoms with Gasteiger partial charge in [-0.25, -0.2) is 0 Å². The SMILES string of the molecule is O=C(Nc1ccc(N2CCCCCC2)cc1)C1CCCC(C(F)(F)F)C1. The molecule has 0 radical (unpaired) electrons. The molecule has 0 spiro atoms. The topological polar surface area (TPSA) is 32.3 Å². The molecule has 2 unspecified atom stereocenters. The number of amides is 1. The summed E-state index contributed by atoms with van der Waals surface area (Å²) in [4.78, 5) is 14.7. The first-order valence-electron chi connectivity index (χ1n) is 9.66. The number of alkyl halides is 3. The molecule has 0 bridgehead atoms. The van der Waals surface area contributed by atoms with Crippen LogP contribution < -0.4 is 10.2 Å². The van der Waals surface area contributed by atoms with Gasteiger partial charge in [-0.05, 0) is 56.4 Å². The Kier molecular flexibility index (Phi) is 6.09. The molecule has 2 atom stereocenters. The Morgan fingerprint density at radius 3 is 2.23 bits per heavy atom. The molecule has 1 aliphatic heterocycles. The van der Waals surface area contributed by atoms with Crippen LogP contribution in [0.5, 0.6) is 0 Å². The molecule has 2 fully saturated rings. The highest BCUT2D eigenvalue weighted by atomic mass is 19.4. The van der Waals surface area contributed by atoms with Crippen molar-refractivity contribution in [2.45, 2.75) is 57.5 Å². The highest BCUT2D eigenvalue weighted by Crippen LogP contribution is 2.40. The van der Waals surface area contributed by atoms with E-state index < -0.39 is 18.0 Å². The average Bonchev–Trinajstić information content (AvgIpc) is 2.91. The maximum Gasteiger partial charge on any atom is 0.391 e. The largest absolute Gasteiger partial charge is 0.391 e. The van der Waals surface area contributed by atoms with Gasteiger partial charge in [-0.15, -0.1) is 0 Å². The summed E-state index contributed by atoms with van der Waals surface area (Å²) in [5.74, 6) is -2.19. The summed E-state index contributed by atoms with van der Waals surface area (Å²) >= 11 is 0. The van der Waals surface area contributed by atoms with Gasteiger partial charge in [0.2, 0.25) is 5.91 Å². The Hall–Kier alpha value is -1.72. The second-order valence-corrected chi connectivity index (χ2v) is 7.54. The van der Waals surface area contributed by atoms with Crippen LogP contribution in [0.25, 0.3) is 0 Å². The first-order chi connectivity index (χ1) is 12.4. The van der Waals surface area contributed by atoms with Crippen LogP contribution in [0.3, 0.4) is 0 Å². The fourth-order valence-corrected chi connectivity index (χ4v) is 4.05. The smallest absolute Gasteiger partial charge is 0.372 e. The van der Waals surface area contributed by atoms with Crippen LogP contribution in [0.1, 0.15) is 51.4 Å². The van der Waals surface area contributed by atoms with Crippen molar-refractivity contribution < 1.29 is 18.0 Å². The molecule has 1 saturated heterocycles. The number of anilines is 2. The number of hydrogen-bond donors (Lipinski definition) is 1. The average molecular weight is 368 g/mol. The van der Waals surface area contributed by atoms with Gasteiger partial charge in [-0.2, -0.15) is 13.2 Å². The molecule has 1 heterocycles. The molecule has 1 saturated carbocycles. The van der Waals surface area contributed by atoms with Crippen molar-refractivity contribution in [3.63, 3.8) is 0 Å². The molecule has 0 aromatic heterocycles. The summed E-state index contributed by atoms with van der Waals surface area (Å²) in [6.07, 6.45) is 1.75. The Morgan fingerprint density at radius 2 is 1.62 bits per heavy atom. The van der Waals surface area contributed by atoms with E-state index in [1.165, 1.54) is 25.7 Å². The predicted octanol–water partition coefficient (Wildman–Crippen LogP) is 5.37. The van der Waals surface area contributed by atoms with Crippen molar-refractivity contribution in [2.24, 2.45) is 11.8 Å². The number of benzene rings is 1. The predicted molar refractivity (Wildman–Crippen MR) is 97.3 cm³/mol. The van der Waals surface area contributed by atoms with Gasteiger partial charge in [0.05, 0.1) is 5.92 Å². The van der Waals surface area contributed by atoms with Crippen molar-refractivity contribution >= 4 is 17.3 Å². The molecule has 1 aliphatic carbocycles. The maximum atomic E-state index is 12.9. The normalized spacial score (nSPS) is 24.8. The lowest BCUT2D eigenvalue weighted by atomic mass is 9.80. The lowest BCUT2D eigenvalue weighted by Gasteiger charge is -2.29. The van der Waals surface area contributed by atoms with Crippen LogP contribution >= 0.6 is 0 Å². The Morgan fingerprint density at radius 1 is 0.962 bits per heavy atom. The minimum Gasteiger partial charge on any atom is -0.372 e. The second kappa shape index (κ2) is 8.31. The molecule has 1 amide bonds. The number of rotatable bonds is 3. The zero-order valence-corrected chi connectivity index (χ0v) is 15.0. The fraction of sp³-hybridized carbons (Fsp3) is 0.650. The summed E-state index contributed by atoms with van der Waals surface area (Å²) in [5, 5.41) is 2.80. The standard InChI is InChI=1S/C20H27F3N2O/c21-20(22,23)16-7-5-6-15(14-16)19(26)24-17-8-10-18(11-9-17)25-12-3-1-2-4-13-25/h8-11,15-16H,1-7,12-14H2,(H,24,26). The van der Waals surface area contributed by atoms with E-state index in [-0.39, 0.29) is 18.7 Å². The zero-order valence-electron chi connectivity index (χ0n) is 15.0. The third-order valence-corrected chi connectivity index (χ3v) is 5.61. The van der Waals surface area contributed by atoms with Crippen molar-refractivity contribution in [1.29, 1.82) is 0 Å². The Balaban J connectivity index is 1.57. The number of carbonyl (C=O) groups excluding carboxylic acids is 1. The highest BCUT2D eigenvalue weighted by molar-refractivity contribution is 5.92. The first-order valence-corrected chi connectivity index (χ1v) is 9.66. The molecule has 3 rings (SSSR count). The lowest BCUT2D eigenvalue weighted by molar-refractivity contribution is -0.185. The molecule has 2 aliphatic rings. The first kappa shape index (κ1) is 19.1. The third kappa shape index (κ3) is 4.92. The van der Waals surface area contributed by atoms with Gasteiger partial charge in [0, 0.05) is 30.4 Å². The van der Waals surface area contributed by atoms with Gasteiger partial charge in [0.25, 0.3) is 0 Å². The van der Waals surface area contributed by atoms with Crippen LogP contribution in [0, 0.1) is 11.8 Å². The Labute approximate surface area is 152 Å².